The Balaban J connectivity index is 1.65. The summed E-state index contributed by atoms with van der Waals surface area (Å²) in [5.41, 5.74) is 0.137. The lowest BCUT2D eigenvalue weighted by Gasteiger charge is -2.58. The Morgan fingerprint density at radius 3 is 1.75 bits per heavy atom. The van der Waals surface area contributed by atoms with E-state index in [1.165, 1.54) is 38.5 Å². The number of rotatable bonds is 7. The topological polar surface area (TPSA) is 63.9 Å². The number of aliphatic hydroxyl groups excluding tert-OH is 3. The second kappa shape index (κ2) is 5.91. The molecule has 4 heteroatoms. The molecule has 20 heavy (non-hydrogen) atoms. The van der Waals surface area contributed by atoms with E-state index in [1.54, 1.807) is 0 Å². The van der Waals surface area contributed by atoms with Gasteiger partial charge in [-0.25, -0.2) is 0 Å². The Kier molecular flexibility index (Phi) is 4.37. The van der Waals surface area contributed by atoms with Crippen molar-refractivity contribution >= 4 is 0 Å². The Labute approximate surface area is 121 Å². The third-order valence-electron chi connectivity index (χ3n) is 6.06. The second-order valence-electron chi connectivity index (χ2n) is 7.54. The minimum Gasteiger partial charge on any atom is -0.395 e. The molecule has 4 rings (SSSR count). The number of aliphatic hydroxyl groups is 3. The average Bonchev–Trinajstić information content (AvgIpc) is 2.37. The van der Waals surface area contributed by atoms with Crippen LogP contribution in [0.5, 0.6) is 0 Å². The molecule has 116 valence electrons. The first-order valence-corrected chi connectivity index (χ1v) is 8.27. The predicted octanol–water partition coefficient (Wildman–Crippen LogP) is 0.850. The number of nitrogens with zero attached hydrogens (tertiary/aromatic N) is 1. The van der Waals surface area contributed by atoms with Gasteiger partial charge in [0.25, 0.3) is 0 Å². The van der Waals surface area contributed by atoms with Gasteiger partial charge in [-0.1, -0.05) is 0 Å². The molecule has 0 aromatic rings. The monoisotopic (exact) mass is 283 g/mol. The van der Waals surface area contributed by atoms with Crippen molar-refractivity contribution in [2.75, 3.05) is 32.8 Å². The van der Waals surface area contributed by atoms with E-state index in [0.717, 1.165) is 17.8 Å². The summed E-state index contributed by atoms with van der Waals surface area (Å²) in [5, 5.41) is 29.0. The van der Waals surface area contributed by atoms with Crippen molar-refractivity contribution in [3.8, 4) is 0 Å². The van der Waals surface area contributed by atoms with E-state index >= 15 is 0 Å². The Morgan fingerprint density at radius 1 is 0.900 bits per heavy atom. The van der Waals surface area contributed by atoms with E-state index < -0.39 is 0 Å². The predicted molar refractivity (Wildman–Crippen MR) is 77.2 cm³/mol. The molecule has 0 saturated heterocycles. The Bertz CT molecular complexity index is 292. The maximum Gasteiger partial charge on any atom is 0.0723 e. The van der Waals surface area contributed by atoms with Crippen LogP contribution in [0, 0.1) is 23.2 Å². The highest BCUT2D eigenvalue weighted by Crippen LogP contribution is 2.61. The lowest BCUT2D eigenvalue weighted by atomic mass is 9.48. The maximum atomic E-state index is 10.8. The zero-order chi connectivity index (χ0) is 14.2. The van der Waals surface area contributed by atoms with Gasteiger partial charge in [0.1, 0.15) is 0 Å². The van der Waals surface area contributed by atoms with Crippen LogP contribution in [0.3, 0.4) is 0 Å². The summed E-state index contributed by atoms with van der Waals surface area (Å²) in [6.45, 7) is 1.88. The van der Waals surface area contributed by atoms with E-state index in [2.05, 4.69) is 0 Å². The summed E-state index contributed by atoms with van der Waals surface area (Å²) < 4.78 is 0. The number of hydrogen-bond acceptors (Lipinski definition) is 4. The summed E-state index contributed by atoms with van der Waals surface area (Å²) >= 11 is 0. The highest BCUT2D eigenvalue weighted by molar-refractivity contribution is 5.04. The first kappa shape index (κ1) is 14.8. The van der Waals surface area contributed by atoms with Crippen LogP contribution in [-0.2, 0) is 0 Å². The van der Waals surface area contributed by atoms with Gasteiger partial charge in [0.15, 0.2) is 0 Å². The fraction of sp³-hybridized carbons (Fsp3) is 1.00. The molecule has 4 fully saturated rings. The van der Waals surface area contributed by atoms with Crippen LogP contribution in [0.15, 0.2) is 0 Å². The smallest absolute Gasteiger partial charge is 0.0723 e. The molecule has 0 aromatic carbocycles. The van der Waals surface area contributed by atoms with Gasteiger partial charge in [-0.2, -0.15) is 0 Å². The first-order valence-electron chi connectivity index (χ1n) is 8.27. The van der Waals surface area contributed by atoms with Crippen LogP contribution in [0.2, 0.25) is 0 Å². The molecule has 0 aromatic heterocycles. The molecule has 4 nitrogen and oxygen atoms in total. The zero-order valence-corrected chi connectivity index (χ0v) is 12.4. The quantitative estimate of drug-likeness (QED) is 0.648. The third-order valence-corrected chi connectivity index (χ3v) is 6.06. The van der Waals surface area contributed by atoms with Crippen molar-refractivity contribution in [2.45, 2.75) is 44.6 Å². The molecule has 1 atom stereocenters. The van der Waals surface area contributed by atoms with Crippen molar-refractivity contribution in [2.24, 2.45) is 23.2 Å². The minimum atomic E-state index is -0.297. The van der Waals surface area contributed by atoms with Gasteiger partial charge in [0.05, 0.1) is 19.3 Å². The lowest BCUT2D eigenvalue weighted by molar-refractivity contribution is -0.127. The van der Waals surface area contributed by atoms with E-state index in [9.17, 15) is 5.11 Å². The average molecular weight is 283 g/mol. The van der Waals surface area contributed by atoms with Crippen LogP contribution in [0.25, 0.3) is 0 Å². The second-order valence-corrected chi connectivity index (χ2v) is 7.54. The van der Waals surface area contributed by atoms with Gasteiger partial charge < -0.3 is 15.3 Å². The highest BCUT2D eigenvalue weighted by atomic mass is 16.3. The standard InChI is InChI=1S/C16H29NO3/c18-3-1-17(2-4-19)11-15(20)16-8-12-5-13(9-16)7-14(6-12)10-16/h12-15,18-20H,1-11H2/t12?,13?,14?,15-,16?/m1/s1. The molecular weight excluding hydrogens is 254 g/mol. The van der Waals surface area contributed by atoms with Crippen LogP contribution >= 0.6 is 0 Å². The van der Waals surface area contributed by atoms with Gasteiger partial charge >= 0.3 is 0 Å². The van der Waals surface area contributed by atoms with Crippen LogP contribution in [0.1, 0.15) is 38.5 Å². The maximum absolute atomic E-state index is 10.8. The van der Waals surface area contributed by atoms with Gasteiger partial charge in [-0.3, -0.25) is 4.90 Å². The fourth-order valence-corrected chi connectivity index (χ4v) is 5.60. The van der Waals surface area contributed by atoms with Gasteiger partial charge in [0.2, 0.25) is 0 Å². The van der Waals surface area contributed by atoms with Crippen molar-refractivity contribution in [3.05, 3.63) is 0 Å². The van der Waals surface area contributed by atoms with Gasteiger partial charge in [-0.05, 0) is 61.7 Å². The summed E-state index contributed by atoms with van der Waals surface area (Å²) in [5.74, 6) is 2.54. The van der Waals surface area contributed by atoms with Crippen LogP contribution in [-0.4, -0.2) is 59.2 Å². The normalized spacial score (nSPS) is 40.5. The molecule has 0 amide bonds. The zero-order valence-electron chi connectivity index (χ0n) is 12.4. The molecule has 4 bridgehead atoms. The minimum absolute atomic E-state index is 0.0909. The van der Waals surface area contributed by atoms with E-state index in [-0.39, 0.29) is 24.7 Å². The van der Waals surface area contributed by atoms with E-state index in [1.807, 2.05) is 4.90 Å². The largest absolute Gasteiger partial charge is 0.395 e. The molecular formula is C16H29NO3. The highest BCUT2D eigenvalue weighted by Gasteiger charge is 2.53. The van der Waals surface area contributed by atoms with Crippen LogP contribution < -0.4 is 0 Å². The Hall–Kier alpha value is -0.160. The molecule has 0 radical (unpaired) electrons. The molecule has 0 unspecified atom stereocenters. The SMILES string of the molecule is OCCN(CCO)C[C@@H](O)C12CC3CC(CC(C3)C1)C2. The molecule has 4 saturated carbocycles. The first-order chi connectivity index (χ1) is 9.65. The van der Waals surface area contributed by atoms with Crippen LogP contribution in [0.4, 0.5) is 0 Å². The molecule has 0 aliphatic heterocycles. The molecule has 0 spiro atoms. The Morgan fingerprint density at radius 2 is 1.35 bits per heavy atom. The van der Waals surface area contributed by atoms with E-state index in [4.69, 9.17) is 10.2 Å². The van der Waals surface area contributed by atoms with E-state index in [0.29, 0.717) is 19.6 Å². The molecule has 4 aliphatic rings. The summed E-state index contributed by atoms with van der Waals surface area (Å²) in [7, 11) is 0. The van der Waals surface area contributed by atoms with Gasteiger partial charge in [0, 0.05) is 19.6 Å². The third kappa shape index (κ3) is 2.76. The summed E-state index contributed by atoms with van der Waals surface area (Å²) in [6, 6.07) is 0. The fourth-order valence-electron chi connectivity index (χ4n) is 5.60. The van der Waals surface area contributed by atoms with Crippen molar-refractivity contribution in [1.29, 1.82) is 0 Å². The summed E-state index contributed by atoms with van der Waals surface area (Å²) in [4.78, 5) is 2.00. The summed E-state index contributed by atoms with van der Waals surface area (Å²) in [6.07, 6.45) is 7.48. The number of hydrogen-bond donors (Lipinski definition) is 3. The molecule has 3 N–H and O–H groups in total. The van der Waals surface area contributed by atoms with Crippen molar-refractivity contribution < 1.29 is 15.3 Å². The molecule has 0 heterocycles. The lowest BCUT2D eigenvalue weighted by Crippen LogP contribution is -2.54. The molecule has 4 aliphatic carbocycles. The van der Waals surface area contributed by atoms with Crippen molar-refractivity contribution in [3.63, 3.8) is 0 Å². The van der Waals surface area contributed by atoms with Crippen molar-refractivity contribution in [1.82, 2.24) is 4.90 Å². The van der Waals surface area contributed by atoms with Gasteiger partial charge in [-0.15, -0.1) is 0 Å².